The smallest absolute Gasteiger partial charge is 0.272 e. The van der Waals surface area contributed by atoms with Gasteiger partial charge in [-0.2, -0.15) is 5.10 Å². The summed E-state index contributed by atoms with van der Waals surface area (Å²) in [7, 11) is 0. The average molecular weight is 342 g/mol. The maximum Gasteiger partial charge on any atom is 0.272 e. The number of carbonyl (C=O) groups is 1. The van der Waals surface area contributed by atoms with Crippen LogP contribution in [0.5, 0.6) is 0 Å². The monoisotopic (exact) mass is 341 g/mol. The van der Waals surface area contributed by atoms with Gasteiger partial charge in [-0.25, -0.2) is 4.98 Å². The molecule has 24 heavy (non-hydrogen) atoms. The zero-order valence-corrected chi connectivity index (χ0v) is 13.6. The highest BCUT2D eigenvalue weighted by molar-refractivity contribution is 6.30. The van der Waals surface area contributed by atoms with Gasteiger partial charge in [0.05, 0.1) is 11.6 Å². The lowest BCUT2D eigenvalue weighted by Gasteiger charge is -2.25. The second-order valence-corrected chi connectivity index (χ2v) is 6.35. The normalized spacial score (nSPS) is 17.5. The Kier molecular flexibility index (Phi) is 3.61. The lowest BCUT2D eigenvalue weighted by Crippen LogP contribution is -2.31. The number of nitrogens with one attached hydrogen (secondary N) is 1. The van der Waals surface area contributed by atoms with E-state index in [4.69, 9.17) is 17.3 Å². The molecular weight excluding hydrogens is 326 g/mol. The zero-order valence-electron chi connectivity index (χ0n) is 12.9. The van der Waals surface area contributed by atoms with Crippen molar-refractivity contribution in [2.24, 2.45) is 0 Å². The van der Waals surface area contributed by atoms with Gasteiger partial charge < -0.3 is 10.6 Å². The minimum atomic E-state index is -0.0880. The molecule has 0 radical (unpaired) electrons. The summed E-state index contributed by atoms with van der Waals surface area (Å²) in [5.74, 6) is 0.213. The number of nitrogens with zero attached hydrogens (tertiary/aromatic N) is 3. The van der Waals surface area contributed by atoms with Crippen LogP contribution in [0.15, 0.2) is 36.4 Å². The quantitative estimate of drug-likeness (QED) is 0.749. The number of hydrogen-bond acceptors (Lipinski definition) is 4. The van der Waals surface area contributed by atoms with Crippen LogP contribution in [0.4, 0.5) is 5.82 Å². The first-order chi connectivity index (χ1) is 11.6. The number of rotatable bonds is 2. The fourth-order valence-electron chi connectivity index (χ4n) is 3.23. The molecule has 1 atom stereocenters. The topological polar surface area (TPSA) is 87.9 Å². The first-order valence-corrected chi connectivity index (χ1v) is 8.18. The van der Waals surface area contributed by atoms with Crippen molar-refractivity contribution >= 4 is 34.4 Å². The van der Waals surface area contributed by atoms with Crippen LogP contribution >= 0.6 is 11.6 Å². The van der Waals surface area contributed by atoms with Gasteiger partial charge in [-0.05, 0) is 42.7 Å². The summed E-state index contributed by atoms with van der Waals surface area (Å²) in [5.41, 5.74) is 8.52. The van der Waals surface area contributed by atoms with Crippen LogP contribution in [0.2, 0.25) is 5.02 Å². The Labute approximate surface area is 143 Å². The molecule has 122 valence electrons. The van der Waals surface area contributed by atoms with Crippen LogP contribution in [0.1, 0.15) is 34.9 Å². The van der Waals surface area contributed by atoms with E-state index in [0.717, 1.165) is 23.9 Å². The lowest BCUT2D eigenvalue weighted by molar-refractivity contribution is 0.0730. The van der Waals surface area contributed by atoms with Crippen LogP contribution in [0, 0.1) is 0 Å². The highest BCUT2D eigenvalue weighted by Crippen LogP contribution is 2.33. The first kappa shape index (κ1) is 15.0. The van der Waals surface area contributed by atoms with E-state index in [2.05, 4.69) is 15.2 Å². The molecule has 1 saturated heterocycles. The highest BCUT2D eigenvalue weighted by Gasteiger charge is 2.31. The number of carbonyl (C=O) groups excluding carboxylic acids is 1. The highest BCUT2D eigenvalue weighted by atomic mass is 35.5. The molecule has 7 heteroatoms. The number of likely N-dealkylation sites (tertiary alicyclic amines) is 1. The van der Waals surface area contributed by atoms with Crippen molar-refractivity contribution in [2.75, 3.05) is 12.3 Å². The predicted octanol–water partition coefficient (Wildman–Crippen LogP) is 3.17. The van der Waals surface area contributed by atoms with Crippen LogP contribution < -0.4 is 5.73 Å². The Hall–Kier alpha value is -2.60. The molecule has 1 unspecified atom stereocenters. The number of H-pyrrole nitrogens is 1. The number of halogens is 1. The summed E-state index contributed by atoms with van der Waals surface area (Å²) in [6.45, 7) is 0.715. The molecule has 0 bridgehead atoms. The number of anilines is 1. The number of pyridine rings is 1. The van der Waals surface area contributed by atoms with Crippen molar-refractivity contribution in [1.82, 2.24) is 20.1 Å². The second-order valence-electron chi connectivity index (χ2n) is 5.91. The van der Waals surface area contributed by atoms with Crippen LogP contribution in [0.25, 0.3) is 11.0 Å². The number of hydrogen-bond donors (Lipinski definition) is 2. The van der Waals surface area contributed by atoms with E-state index in [1.165, 1.54) is 0 Å². The Bertz CT molecular complexity index is 905. The van der Waals surface area contributed by atoms with Gasteiger partial charge in [0.25, 0.3) is 5.91 Å². The van der Waals surface area contributed by atoms with Gasteiger partial charge in [-0.1, -0.05) is 23.7 Å². The lowest BCUT2D eigenvalue weighted by atomic mass is 10.0. The summed E-state index contributed by atoms with van der Waals surface area (Å²) in [5, 5.41) is 7.40. The molecule has 0 aliphatic carbocycles. The third-order valence-electron chi connectivity index (χ3n) is 4.42. The van der Waals surface area contributed by atoms with E-state index in [9.17, 15) is 4.79 Å². The van der Waals surface area contributed by atoms with E-state index < -0.39 is 0 Å². The molecule has 0 spiro atoms. The molecule has 6 nitrogen and oxygen atoms in total. The largest absolute Gasteiger partial charge is 0.380 e. The van der Waals surface area contributed by atoms with Crippen molar-refractivity contribution in [2.45, 2.75) is 18.9 Å². The number of aromatic amines is 1. The minimum Gasteiger partial charge on any atom is -0.380 e. The molecule has 0 saturated carbocycles. The third-order valence-corrected chi connectivity index (χ3v) is 4.67. The maximum absolute atomic E-state index is 12.9. The van der Waals surface area contributed by atoms with Crippen molar-refractivity contribution in [3.63, 3.8) is 0 Å². The van der Waals surface area contributed by atoms with Gasteiger partial charge in [-0.3, -0.25) is 9.89 Å². The number of fused-ring (bicyclic) bond motifs is 1. The third kappa shape index (κ3) is 2.49. The molecular formula is C17H16ClN5O. The fraction of sp³-hybridized carbons (Fsp3) is 0.235. The van der Waals surface area contributed by atoms with Crippen molar-refractivity contribution < 1.29 is 4.79 Å². The molecule has 1 fully saturated rings. The van der Waals surface area contributed by atoms with Gasteiger partial charge in [-0.15, -0.1) is 0 Å². The fourth-order valence-corrected chi connectivity index (χ4v) is 3.35. The van der Waals surface area contributed by atoms with Crippen LogP contribution in [-0.4, -0.2) is 32.5 Å². The predicted molar refractivity (Wildman–Crippen MR) is 92.8 cm³/mol. The van der Waals surface area contributed by atoms with E-state index >= 15 is 0 Å². The first-order valence-electron chi connectivity index (χ1n) is 7.80. The molecule has 1 aliphatic heterocycles. The SMILES string of the molecule is Nc1n[nH]c2ccc(C(=O)N3CCCC3c3ccc(Cl)cc3)nc12. The molecule has 4 rings (SSSR count). The van der Waals surface area contributed by atoms with Crippen molar-refractivity contribution in [1.29, 1.82) is 0 Å². The number of aromatic nitrogens is 3. The molecule has 1 amide bonds. The summed E-state index contributed by atoms with van der Waals surface area (Å²) in [4.78, 5) is 19.2. The van der Waals surface area contributed by atoms with Crippen molar-refractivity contribution in [3.05, 3.63) is 52.7 Å². The number of nitrogen functional groups attached to an aromatic ring is 1. The minimum absolute atomic E-state index is 0.0500. The summed E-state index contributed by atoms with van der Waals surface area (Å²) < 4.78 is 0. The molecule has 3 aromatic rings. The molecule has 1 aliphatic rings. The summed E-state index contributed by atoms with van der Waals surface area (Å²) in [6, 6.07) is 11.2. The van der Waals surface area contributed by atoms with E-state index in [-0.39, 0.29) is 11.9 Å². The second kappa shape index (κ2) is 5.79. The zero-order chi connectivity index (χ0) is 16.7. The number of nitrogens with two attached hydrogens (primary N) is 1. The van der Waals surface area contributed by atoms with Gasteiger partial charge in [0.1, 0.15) is 11.2 Å². The summed E-state index contributed by atoms with van der Waals surface area (Å²) in [6.07, 6.45) is 1.90. The Morgan fingerprint density at radius 1 is 1.25 bits per heavy atom. The van der Waals surface area contributed by atoms with Gasteiger partial charge in [0.2, 0.25) is 0 Å². The maximum atomic E-state index is 12.9. The Morgan fingerprint density at radius 2 is 2.04 bits per heavy atom. The van der Waals surface area contributed by atoms with Crippen molar-refractivity contribution in [3.8, 4) is 0 Å². The van der Waals surface area contributed by atoms with E-state index in [0.29, 0.717) is 28.6 Å². The van der Waals surface area contributed by atoms with Crippen LogP contribution in [0.3, 0.4) is 0 Å². The standard InChI is InChI=1S/C17H16ClN5O/c18-11-5-3-10(4-6-11)14-2-1-9-23(14)17(24)13-8-7-12-15(20-13)16(19)22-21-12/h3-8,14H,1-2,9H2,(H3,19,21,22). The summed E-state index contributed by atoms with van der Waals surface area (Å²) >= 11 is 5.96. The Balaban J connectivity index is 1.66. The van der Waals surface area contributed by atoms with Gasteiger partial charge in [0.15, 0.2) is 5.82 Å². The van der Waals surface area contributed by atoms with E-state index in [1.807, 2.05) is 29.2 Å². The Morgan fingerprint density at radius 3 is 2.83 bits per heavy atom. The molecule has 2 aromatic heterocycles. The number of benzene rings is 1. The van der Waals surface area contributed by atoms with Gasteiger partial charge >= 0.3 is 0 Å². The van der Waals surface area contributed by atoms with Crippen LogP contribution in [-0.2, 0) is 0 Å². The molecule has 1 aromatic carbocycles. The van der Waals surface area contributed by atoms with Gasteiger partial charge in [0, 0.05) is 11.6 Å². The molecule has 3 N–H and O–H groups in total. The van der Waals surface area contributed by atoms with E-state index in [1.54, 1.807) is 12.1 Å². The average Bonchev–Trinajstić information content (AvgIpc) is 3.22. The molecule has 3 heterocycles. The number of amides is 1.